The molecule has 1 aliphatic rings. The van der Waals surface area contributed by atoms with E-state index in [9.17, 15) is 21.6 Å². The molecular weight excluding hydrogens is 319 g/mol. The number of hydrogen-bond donors (Lipinski definition) is 1. The van der Waals surface area contributed by atoms with E-state index in [1.54, 1.807) is 0 Å². The maximum atomic E-state index is 13.2. The smallest absolute Gasteiger partial charge is 0.212 e. The van der Waals surface area contributed by atoms with Gasteiger partial charge in [-0.2, -0.15) is 0 Å². The summed E-state index contributed by atoms with van der Waals surface area (Å²) < 4.78 is 71.1. The van der Waals surface area contributed by atoms with E-state index in [1.807, 2.05) is 0 Å². The average Bonchev–Trinajstić information content (AvgIpc) is 2.44. The molecule has 1 aromatic rings. The highest BCUT2D eigenvalue weighted by atomic mass is 32.2. The van der Waals surface area contributed by atoms with Gasteiger partial charge in [-0.3, -0.25) is 0 Å². The van der Waals surface area contributed by atoms with Crippen LogP contribution < -0.4 is 4.72 Å². The second-order valence-electron chi connectivity index (χ2n) is 5.48. The third-order valence-electron chi connectivity index (χ3n) is 3.66. The second-order valence-corrected chi connectivity index (χ2v) is 7.27. The summed E-state index contributed by atoms with van der Waals surface area (Å²) in [6.45, 7) is 2.52. The number of hydrogen-bond acceptors (Lipinski definition) is 3. The predicted molar refractivity (Wildman–Crippen MR) is 75.2 cm³/mol. The van der Waals surface area contributed by atoms with Crippen LogP contribution in [-0.2, 0) is 14.8 Å². The number of ether oxygens (including phenoxy) is 1. The summed E-state index contributed by atoms with van der Waals surface area (Å²) in [5.74, 6) is -4.32. The first-order valence-electron chi connectivity index (χ1n) is 7.00. The molecule has 2 rings (SSSR count). The van der Waals surface area contributed by atoms with Crippen LogP contribution in [0.5, 0.6) is 0 Å². The quantitative estimate of drug-likeness (QED) is 0.840. The van der Waals surface area contributed by atoms with Gasteiger partial charge in [0.1, 0.15) is 0 Å². The zero-order valence-electron chi connectivity index (χ0n) is 12.1. The Morgan fingerprint density at radius 3 is 2.32 bits per heavy atom. The molecule has 1 fully saturated rings. The van der Waals surface area contributed by atoms with Crippen LogP contribution in [0, 0.1) is 23.4 Å². The standard InChI is InChI=1S/C14H18F3NO3S/c1-9(11-6-12(15)14(17)13(16)7-11)18-22(19,20)8-10-2-4-21-5-3-10/h6-7,9-10,18H,2-5,8H2,1H3/t9-/m1/s1. The molecule has 0 spiro atoms. The highest BCUT2D eigenvalue weighted by Crippen LogP contribution is 2.21. The molecule has 4 nitrogen and oxygen atoms in total. The van der Waals surface area contributed by atoms with E-state index in [0.717, 1.165) is 12.1 Å². The van der Waals surface area contributed by atoms with Crippen molar-refractivity contribution < 1.29 is 26.3 Å². The van der Waals surface area contributed by atoms with Crippen molar-refractivity contribution in [1.29, 1.82) is 0 Å². The number of nitrogens with one attached hydrogen (secondary N) is 1. The van der Waals surface area contributed by atoms with Crippen LogP contribution in [0.2, 0.25) is 0 Å². The largest absolute Gasteiger partial charge is 0.381 e. The fourth-order valence-corrected chi connectivity index (χ4v) is 4.16. The lowest BCUT2D eigenvalue weighted by molar-refractivity contribution is 0.0723. The lowest BCUT2D eigenvalue weighted by Gasteiger charge is -2.23. The highest BCUT2D eigenvalue weighted by molar-refractivity contribution is 7.89. The summed E-state index contributed by atoms with van der Waals surface area (Å²) in [6.07, 6.45) is 1.32. The van der Waals surface area contributed by atoms with Gasteiger partial charge in [-0.05, 0) is 43.4 Å². The summed E-state index contributed by atoms with van der Waals surface area (Å²) in [5.41, 5.74) is 0.0342. The number of benzene rings is 1. The summed E-state index contributed by atoms with van der Waals surface area (Å²) in [4.78, 5) is 0. The first-order chi connectivity index (χ1) is 10.3. The van der Waals surface area contributed by atoms with Gasteiger partial charge in [0.05, 0.1) is 5.75 Å². The summed E-state index contributed by atoms with van der Waals surface area (Å²) >= 11 is 0. The van der Waals surface area contributed by atoms with Crippen LogP contribution in [0.3, 0.4) is 0 Å². The molecule has 1 heterocycles. The Morgan fingerprint density at radius 2 is 1.77 bits per heavy atom. The molecular formula is C14H18F3NO3S. The van der Waals surface area contributed by atoms with Crippen molar-refractivity contribution in [3.8, 4) is 0 Å². The Balaban J connectivity index is 2.05. The summed E-state index contributed by atoms with van der Waals surface area (Å²) in [5, 5.41) is 0. The highest BCUT2D eigenvalue weighted by Gasteiger charge is 2.24. The van der Waals surface area contributed by atoms with Crippen LogP contribution in [0.1, 0.15) is 31.4 Å². The van der Waals surface area contributed by atoms with E-state index in [1.165, 1.54) is 6.92 Å². The summed E-state index contributed by atoms with van der Waals surface area (Å²) in [7, 11) is -3.61. The molecule has 0 aromatic heterocycles. The minimum Gasteiger partial charge on any atom is -0.381 e. The first-order valence-corrected chi connectivity index (χ1v) is 8.66. The van der Waals surface area contributed by atoms with Gasteiger partial charge in [0.15, 0.2) is 17.5 Å². The molecule has 1 aromatic carbocycles. The molecule has 0 bridgehead atoms. The van der Waals surface area contributed by atoms with Crippen molar-refractivity contribution in [3.05, 3.63) is 35.1 Å². The van der Waals surface area contributed by atoms with Gasteiger partial charge in [-0.25, -0.2) is 26.3 Å². The minimum atomic E-state index is -3.61. The van der Waals surface area contributed by atoms with Crippen molar-refractivity contribution in [3.63, 3.8) is 0 Å². The lowest BCUT2D eigenvalue weighted by Crippen LogP contribution is -2.34. The molecule has 1 N–H and O–H groups in total. The van der Waals surface area contributed by atoms with E-state index in [-0.39, 0.29) is 17.2 Å². The minimum absolute atomic E-state index is 0.000130. The Kier molecular flexibility index (Phi) is 5.46. The Bertz CT molecular complexity index is 607. The van der Waals surface area contributed by atoms with Crippen LogP contribution >= 0.6 is 0 Å². The van der Waals surface area contributed by atoms with E-state index < -0.39 is 33.5 Å². The third kappa shape index (κ3) is 4.44. The van der Waals surface area contributed by atoms with Crippen LogP contribution in [0.25, 0.3) is 0 Å². The van der Waals surface area contributed by atoms with E-state index >= 15 is 0 Å². The van der Waals surface area contributed by atoms with E-state index in [0.29, 0.717) is 26.1 Å². The predicted octanol–water partition coefficient (Wildman–Crippen LogP) is 2.51. The monoisotopic (exact) mass is 337 g/mol. The molecule has 0 unspecified atom stereocenters. The molecule has 124 valence electrons. The number of halogens is 3. The van der Waals surface area contributed by atoms with Crippen molar-refractivity contribution in [2.75, 3.05) is 19.0 Å². The second kappa shape index (κ2) is 6.97. The maximum absolute atomic E-state index is 13.2. The van der Waals surface area contributed by atoms with Gasteiger partial charge in [-0.1, -0.05) is 0 Å². The molecule has 22 heavy (non-hydrogen) atoms. The van der Waals surface area contributed by atoms with Gasteiger partial charge >= 0.3 is 0 Å². The van der Waals surface area contributed by atoms with Crippen molar-refractivity contribution >= 4 is 10.0 Å². The van der Waals surface area contributed by atoms with Gasteiger partial charge in [0, 0.05) is 19.3 Å². The van der Waals surface area contributed by atoms with E-state index in [4.69, 9.17) is 4.74 Å². The Morgan fingerprint density at radius 1 is 1.23 bits per heavy atom. The topological polar surface area (TPSA) is 55.4 Å². The third-order valence-corrected chi connectivity index (χ3v) is 5.28. The fraction of sp³-hybridized carbons (Fsp3) is 0.571. The van der Waals surface area contributed by atoms with Gasteiger partial charge in [0.25, 0.3) is 0 Å². The van der Waals surface area contributed by atoms with Gasteiger partial charge in [0.2, 0.25) is 10.0 Å². The molecule has 8 heteroatoms. The Hall–Kier alpha value is -1.12. The van der Waals surface area contributed by atoms with Crippen molar-refractivity contribution in [1.82, 2.24) is 4.72 Å². The van der Waals surface area contributed by atoms with Crippen LogP contribution in [0.4, 0.5) is 13.2 Å². The van der Waals surface area contributed by atoms with Gasteiger partial charge in [-0.15, -0.1) is 0 Å². The van der Waals surface area contributed by atoms with E-state index in [2.05, 4.69) is 4.72 Å². The van der Waals surface area contributed by atoms with Crippen LogP contribution in [-0.4, -0.2) is 27.4 Å². The molecule has 0 amide bonds. The number of rotatable bonds is 5. The van der Waals surface area contributed by atoms with Crippen LogP contribution in [0.15, 0.2) is 12.1 Å². The zero-order valence-corrected chi connectivity index (χ0v) is 12.9. The maximum Gasteiger partial charge on any atom is 0.212 e. The number of sulfonamides is 1. The SMILES string of the molecule is C[C@@H](NS(=O)(=O)CC1CCOCC1)c1cc(F)c(F)c(F)c1. The summed E-state index contributed by atoms with van der Waals surface area (Å²) in [6, 6.07) is 0.731. The molecule has 0 saturated carbocycles. The zero-order chi connectivity index (χ0) is 16.3. The Labute approximate surface area is 127 Å². The van der Waals surface area contributed by atoms with Crippen molar-refractivity contribution in [2.45, 2.75) is 25.8 Å². The first kappa shape index (κ1) is 17.2. The molecule has 1 atom stereocenters. The lowest BCUT2D eigenvalue weighted by atomic mass is 10.0. The fourth-order valence-electron chi connectivity index (χ4n) is 2.43. The average molecular weight is 337 g/mol. The molecule has 0 aliphatic carbocycles. The molecule has 0 radical (unpaired) electrons. The van der Waals surface area contributed by atoms with Gasteiger partial charge < -0.3 is 4.74 Å². The molecule has 1 saturated heterocycles. The molecule has 1 aliphatic heterocycles. The normalized spacial score (nSPS) is 18.4. The van der Waals surface area contributed by atoms with Crippen molar-refractivity contribution in [2.24, 2.45) is 5.92 Å².